The number of fused-ring (bicyclic) bond motifs is 1. The molecule has 3 rings (SSSR count). The van der Waals surface area contributed by atoms with E-state index in [1.807, 2.05) is 30.6 Å². The van der Waals surface area contributed by atoms with Crippen LogP contribution in [0.5, 0.6) is 0 Å². The third kappa shape index (κ3) is 2.69. The van der Waals surface area contributed by atoms with Gasteiger partial charge >= 0.3 is 0 Å². The molecule has 0 aliphatic carbocycles. The molecule has 0 aliphatic rings. The zero-order valence-electron chi connectivity index (χ0n) is 12.3. The first kappa shape index (κ1) is 13.8. The van der Waals surface area contributed by atoms with Crippen molar-refractivity contribution in [3.63, 3.8) is 0 Å². The van der Waals surface area contributed by atoms with Crippen molar-refractivity contribution in [1.29, 1.82) is 0 Å². The Morgan fingerprint density at radius 3 is 2.62 bits per heavy atom. The number of hydrogen-bond donors (Lipinski definition) is 1. The number of nitrogens with zero attached hydrogens (tertiary/aromatic N) is 2. The van der Waals surface area contributed by atoms with Gasteiger partial charge in [0.2, 0.25) is 0 Å². The van der Waals surface area contributed by atoms with Gasteiger partial charge in [-0.1, -0.05) is 49.7 Å². The molecule has 0 bridgehead atoms. The van der Waals surface area contributed by atoms with E-state index < -0.39 is 0 Å². The van der Waals surface area contributed by atoms with E-state index in [1.165, 1.54) is 18.4 Å². The van der Waals surface area contributed by atoms with Crippen LogP contribution in [0.4, 0.5) is 0 Å². The van der Waals surface area contributed by atoms with E-state index in [4.69, 9.17) is 5.11 Å². The highest BCUT2D eigenvalue weighted by Crippen LogP contribution is 2.28. The highest BCUT2D eigenvalue weighted by molar-refractivity contribution is 5.92. The van der Waals surface area contributed by atoms with E-state index in [9.17, 15) is 0 Å². The fourth-order valence-electron chi connectivity index (χ4n) is 2.62. The molecule has 1 aromatic heterocycles. The Kier molecular flexibility index (Phi) is 4.02. The van der Waals surface area contributed by atoms with Crippen LogP contribution in [0, 0.1) is 0 Å². The van der Waals surface area contributed by atoms with Gasteiger partial charge in [-0.15, -0.1) is 0 Å². The van der Waals surface area contributed by atoms with Gasteiger partial charge in [0, 0.05) is 12.1 Å². The first-order valence-electron chi connectivity index (χ1n) is 7.47. The maximum atomic E-state index is 9.14. The number of aliphatic hydroxyl groups excluding tert-OH is 1. The predicted molar refractivity (Wildman–Crippen MR) is 86.0 cm³/mol. The van der Waals surface area contributed by atoms with E-state index >= 15 is 0 Å². The van der Waals surface area contributed by atoms with Gasteiger partial charge in [-0.2, -0.15) is 0 Å². The quantitative estimate of drug-likeness (QED) is 0.767. The third-order valence-electron chi connectivity index (χ3n) is 3.85. The molecule has 108 valence electrons. The van der Waals surface area contributed by atoms with E-state index in [-0.39, 0.29) is 6.61 Å². The monoisotopic (exact) mass is 280 g/mol. The van der Waals surface area contributed by atoms with Crippen LogP contribution in [0.25, 0.3) is 22.2 Å². The van der Waals surface area contributed by atoms with Crippen molar-refractivity contribution in [3.8, 4) is 11.1 Å². The zero-order chi connectivity index (χ0) is 14.7. The van der Waals surface area contributed by atoms with Crippen molar-refractivity contribution in [3.05, 3.63) is 54.4 Å². The number of aryl methyl sites for hydroxylation is 1. The van der Waals surface area contributed by atoms with Gasteiger partial charge in [0.05, 0.1) is 24.0 Å². The topological polar surface area (TPSA) is 38.0 Å². The fraction of sp³-hybridized carbons (Fsp3) is 0.278. The van der Waals surface area contributed by atoms with E-state index in [0.29, 0.717) is 0 Å². The van der Waals surface area contributed by atoms with E-state index in [0.717, 1.165) is 28.8 Å². The Hall–Kier alpha value is -2.13. The van der Waals surface area contributed by atoms with Crippen molar-refractivity contribution in [1.82, 2.24) is 9.55 Å². The summed E-state index contributed by atoms with van der Waals surface area (Å²) >= 11 is 0. The minimum atomic E-state index is 0.0795. The van der Waals surface area contributed by atoms with E-state index in [1.54, 1.807) is 0 Å². The molecule has 3 heteroatoms. The fourth-order valence-corrected chi connectivity index (χ4v) is 2.62. The number of hydrogen-bond acceptors (Lipinski definition) is 2. The Balaban J connectivity index is 2.04. The lowest BCUT2D eigenvalue weighted by molar-refractivity contribution is 0.282. The minimum Gasteiger partial charge on any atom is -0.392 e. The summed E-state index contributed by atoms with van der Waals surface area (Å²) in [6.45, 7) is 3.29. The maximum absolute atomic E-state index is 9.14. The van der Waals surface area contributed by atoms with Gasteiger partial charge in [0.25, 0.3) is 0 Å². The summed E-state index contributed by atoms with van der Waals surface area (Å²) in [6, 6.07) is 14.3. The lowest BCUT2D eigenvalue weighted by atomic mass is 10.0. The second kappa shape index (κ2) is 6.10. The molecule has 3 nitrogen and oxygen atoms in total. The zero-order valence-corrected chi connectivity index (χ0v) is 12.3. The number of para-hydroxylation sites is 1. The number of aliphatic hydroxyl groups is 1. The van der Waals surface area contributed by atoms with Gasteiger partial charge in [-0.3, -0.25) is 0 Å². The SMILES string of the molecule is CCCCn1cnc2c(-c3ccc(CO)cc3)cccc21. The summed E-state index contributed by atoms with van der Waals surface area (Å²) < 4.78 is 2.23. The van der Waals surface area contributed by atoms with Gasteiger partial charge < -0.3 is 9.67 Å². The standard InChI is InChI=1S/C18H20N2O/c1-2-3-11-20-13-19-18-16(5-4-6-17(18)20)15-9-7-14(12-21)8-10-15/h4-10,13,21H,2-3,11-12H2,1H3. The molecule has 1 heterocycles. The largest absolute Gasteiger partial charge is 0.392 e. The smallest absolute Gasteiger partial charge is 0.0963 e. The summed E-state index contributed by atoms with van der Waals surface area (Å²) in [5.74, 6) is 0. The molecule has 0 atom stereocenters. The molecule has 3 aromatic rings. The van der Waals surface area contributed by atoms with Crippen molar-refractivity contribution >= 4 is 11.0 Å². The molecule has 21 heavy (non-hydrogen) atoms. The van der Waals surface area contributed by atoms with Crippen LogP contribution in [-0.4, -0.2) is 14.7 Å². The lowest BCUT2D eigenvalue weighted by Crippen LogP contribution is -1.95. The lowest BCUT2D eigenvalue weighted by Gasteiger charge is -2.06. The number of benzene rings is 2. The molecule has 0 spiro atoms. The second-order valence-corrected chi connectivity index (χ2v) is 5.32. The molecule has 0 saturated heterocycles. The average molecular weight is 280 g/mol. The normalized spacial score (nSPS) is 11.1. The number of unbranched alkanes of at least 4 members (excludes halogenated alkanes) is 1. The molecule has 0 aliphatic heterocycles. The average Bonchev–Trinajstić information content (AvgIpc) is 2.96. The summed E-state index contributed by atoms with van der Waals surface area (Å²) in [6.07, 6.45) is 4.29. The molecular weight excluding hydrogens is 260 g/mol. The minimum absolute atomic E-state index is 0.0795. The van der Waals surface area contributed by atoms with Crippen LogP contribution in [0.3, 0.4) is 0 Å². The molecule has 1 N–H and O–H groups in total. The van der Waals surface area contributed by atoms with Gasteiger partial charge in [-0.25, -0.2) is 4.98 Å². The van der Waals surface area contributed by atoms with Crippen molar-refractivity contribution in [2.75, 3.05) is 0 Å². The first-order valence-corrected chi connectivity index (χ1v) is 7.47. The molecule has 0 unspecified atom stereocenters. The third-order valence-corrected chi connectivity index (χ3v) is 3.85. The summed E-state index contributed by atoms with van der Waals surface area (Å²) in [7, 11) is 0. The molecule has 0 fully saturated rings. The summed E-state index contributed by atoms with van der Waals surface area (Å²) in [5, 5.41) is 9.14. The van der Waals surface area contributed by atoms with Crippen molar-refractivity contribution < 1.29 is 5.11 Å². The number of aromatic nitrogens is 2. The van der Waals surface area contributed by atoms with Gasteiger partial charge in [0.15, 0.2) is 0 Å². The Morgan fingerprint density at radius 1 is 1.10 bits per heavy atom. The molecule has 0 radical (unpaired) electrons. The second-order valence-electron chi connectivity index (χ2n) is 5.32. The first-order chi connectivity index (χ1) is 10.3. The molecule has 0 saturated carbocycles. The van der Waals surface area contributed by atoms with Crippen LogP contribution in [0.15, 0.2) is 48.8 Å². The molecular formula is C18H20N2O. The Labute approximate surface area is 124 Å². The highest BCUT2D eigenvalue weighted by atomic mass is 16.3. The Morgan fingerprint density at radius 2 is 1.90 bits per heavy atom. The van der Waals surface area contributed by atoms with Crippen LogP contribution in [-0.2, 0) is 13.2 Å². The predicted octanol–water partition coefficient (Wildman–Crippen LogP) is 4.00. The number of imidazole rings is 1. The van der Waals surface area contributed by atoms with Crippen molar-refractivity contribution in [2.24, 2.45) is 0 Å². The number of rotatable bonds is 5. The molecule has 0 amide bonds. The van der Waals surface area contributed by atoms with Crippen LogP contribution in [0.2, 0.25) is 0 Å². The molecule has 2 aromatic carbocycles. The highest BCUT2D eigenvalue weighted by Gasteiger charge is 2.08. The van der Waals surface area contributed by atoms with E-state index in [2.05, 4.69) is 34.7 Å². The summed E-state index contributed by atoms with van der Waals surface area (Å²) in [5.41, 5.74) is 5.45. The van der Waals surface area contributed by atoms with Crippen LogP contribution in [0.1, 0.15) is 25.3 Å². The van der Waals surface area contributed by atoms with Gasteiger partial charge in [-0.05, 0) is 23.6 Å². The maximum Gasteiger partial charge on any atom is 0.0963 e. The van der Waals surface area contributed by atoms with Crippen LogP contribution < -0.4 is 0 Å². The van der Waals surface area contributed by atoms with Crippen molar-refractivity contribution in [2.45, 2.75) is 32.9 Å². The van der Waals surface area contributed by atoms with Crippen LogP contribution >= 0.6 is 0 Å². The van der Waals surface area contributed by atoms with Gasteiger partial charge in [0.1, 0.15) is 0 Å². The summed E-state index contributed by atoms with van der Waals surface area (Å²) in [4.78, 5) is 4.60. The Bertz CT molecular complexity index is 729.